The fraction of sp³-hybridized carbons (Fsp3) is 0.571. The van der Waals surface area contributed by atoms with Crippen LogP contribution in [0.25, 0.3) is 0 Å². The fourth-order valence-corrected chi connectivity index (χ4v) is 2.31. The molecular formula is C14H21NO3. The monoisotopic (exact) mass is 251 g/mol. The SMILES string of the molecule is COc1cc(OC)cc(C(N)CC2CCOC2)c1. The van der Waals surface area contributed by atoms with Gasteiger partial charge in [-0.2, -0.15) is 0 Å². The van der Waals surface area contributed by atoms with Gasteiger partial charge in [-0.15, -0.1) is 0 Å². The van der Waals surface area contributed by atoms with Crippen LogP contribution in [0.2, 0.25) is 0 Å². The topological polar surface area (TPSA) is 53.7 Å². The third-order valence-corrected chi connectivity index (χ3v) is 3.41. The Kier molecular flexibility index (Phi) is 4.44. The summed E-state index contributed by atoms with van der Waals surface area (Å²) in [5, 5.41) is 0. The van der Waals surface area contributed by atoms with Crippen molar-refractivity contribution in [3.8, 4) is 11.5 Å². The summed E-state index contributed by atoms with van der Waals surface area (Å²) >= 11 is 0. The zero-order valence-corrected chi connectivity index (χ0v) is 11.0. The van der Waals surface area contributed by atoms with E-state index in [-0.39, 0.29) is 6.04 Å². The highest BCUT2D eigenvalue weighted by molar-refractivity contribution is 5.39. The molecule has 2 unspecified atom stereocenters. The van der Waals surface area contributed by atoms with Crippen molar-refractivity contribution < 1.29 is 14.2 Å². The molecule has 4 heteroatoms. The van der Waals surface area contributed by atoms with Crippen LogP contribution in [-0.4, -0.2) is 27.4 Å². The molecular weight excluding hydrogens is 230 g/mol. The summed E-state index contributed by atoms with van der Waals surface area (Å²) in [6.07, 6.45) is 2.05. The molecule has 1 aliphatic rings. The summed E-state index contributed by atoms with van der Waals surface area (Å²) in [6, 6.07) is 5.81. The van der Waals surface area contributed by atoms with Gasteiger partial charge in [0.1, 0.15) is 11.5 Å². The first-order valence-corrected chi connectivity index (χ1v) is 6.29. The highest BCUT2D eigenvalue weighted by Gasteiger charge is 2.20. The maximum absolute atomic E-state index is 6.26. The predicted molar refractivity (Wildman–Crippen MR) is 70.0 cm³/mol. The van der Waals surface area contributed by atoms with E-state index >= 15 is 0 Å². The lowest BCUT2D eigenvalue weighted by molar-refractivity contribution is 0.182. The van der Waals surface area contributed by atoms with E-state index in [9.17, 15) is 0 Å². The summed E-state index contributed by atoms with van der Waals surface area (Å²) in [5.41, 5.74) is 7.31. The highest BCUT2D eigenvalue weighted by atomic mass is 16.5. The number of nitrogens with two attached hydrogens (primary N) is 1. The van der Waals surface area contributed by atoms with Crippen molar-refractivity contribution in [1.82, 2.24) is 0 Å². The maximum atomic E-state index is 6.26. The molecule has 18 heavy (non-hydrogen) atoms. The second-order valence-electron chi connectivity index (χ2n) is 4.72. The van der Waals surface area contributed by atoms with Gasteiger partial charge in [-0.25, -0.2) is 0 Å². The standard InChI is InChI=1S/C14H21NO3/c1-16-12-6-11(7-13(8-12)17-2)14(15)5-10-3-4-18-9-10/h6-8,10,14H,3-5,9,15H2,1-2H3. The van der Waals surface area contributed by atoms with E-state index in [2.05, 4.69) is 0 Å². The highest BCUT2D eigenvalue weighted by Crippen LogP contribution is 2.30. The predicted octanol–water partition coefficient (Wildman–Crippen LogP) is 2.13. The zero-order chi connectivity index (χ0) is 13.0. The molecule has 1 aromatic rings. The lowest BCUT2D eigenvalue weighted by atomic mass is 9.94. The van der Waals surface area contributed by atoms with Gasteiger partial charge in [-0.1, -0.05) is 0 Å². The molecule has 1 aliphatic heterocycles. The van der Waals surface area contributed by atoms with Gasteiger partial charge in [0.05, 0.1) is 14.2 Å². The van der Waals surface area contributed by atoms with Crippen LogP contribution < -0.4 is 15.2 Å². The normalized spacial score (nSPS) is 20.7. The molecule has 4 nitrogen and oxygen atoms in total. The van der Waals surface area contributed by atoms with Gasteiger partial charge in [-0.05, 0) is 36.5 Å². The number of benzene rings is 1. The van der Waals surface area contributed by atoms with Crippen molar-refractivity contribution in [2.75, 3.05) is 27.4 Å². The Morgan fingerprint density at radius 3 is 2.44 bits per heavy atom. The summed E-state index contributed by atoms with van der Waals surface area (Å²) in [7, 11) is 3.30. The van der Waals surface area contributed by atoms with Crippen LogP contribution in [0.4, 0.5) is 0 Å². The van der Waals surface area contributed by atoms with E-state index in [1.54, 1.807) is 14.2 Å². The van der Waals surface area contributed by atoms with Crippen molar-refractivity contribution in [3.05, 3.63) is 23.8 Å². The molecule has 100 valence electrons. The van der Waals surface area contributed by atoms with E-state index in [0.717, 1.165) is 43.1 Å². The molecule has 0 aromatic heterocycles. The molecule has 0 aliphatic carbocycles. The lowest BCUT2D eigenvalue weighted by Gasteiger charge is -2.17. The molecule has 2 rings (SSSR count). The molecule has 1 fully saturated rings. The third kappa shape index (κ3) is 3.15. The average Bonchev–Trinajstić information content (AvgIpc) is 2.90. The zero-order valence-electron chi connectivity index (χ0n) is 11.0. The van der Waals surface area contributed by atoms with E-state index in [1.165, 1.54) is 0 Å². The van der Waals surface area contributed by atoms with Gasteiger partial charge >= 0.3 is 0 Å². The summed E-state index contributed by atoms with van der Waals surface area (Å²) in [4.78, 5) is 0. The second-order valence-corrected chi connectivity index (χ2v) is 4.72. The molecule has 1 aromatic carbocycles. The van der Waals surface area contributed by atoms with Crippen LogP contribution in [0, 0.1) is 5.92 Å². The van der Waals surface area contributed by atoms with Crippen molar-refractivity contribution in [2.24, 2.45) is 11.7 Å². The van der Waals surface area contributed by atoms with E-state index in [1.807, 2.05) is 18.2 Å². The summed E-state index contributed by atoms with van der Waals surface area (Å²) in [5.74, 6) is 2.13. The summed E-state index contributed by atoms with van der Waals surface area (Å²) in [6.45, 7) is 1.69. The van der Waals surface area contributed by atoms with Gasteiger partial charge in [0.25, 0.3) is 0 Å². The number of hydrogen-bond donors (Lipinski definition) is 1. The molecule has 2 N–H and O–H groups in total. The maximum Gasteiger partial charge on any atom is 0.122 e. The minimum Gasteiger partial charge on any atom is -0.497 e. The number of hydrogen-bond acceptors (Lipinski definition) is 4. The molecule has 1 saturated heterocycles. The van der Waals surface area contributed by atoms with Crippen LogP contribution in [-0.2, 0) is 4.74 Å². The van der Waals surface area contributed by atoms with Crippen LogP contribution in [0.5, 0.6) is 11.5 Å². The van der Waals surface area contributed by atoms with Gasteiger partial charge in [0.2, 0.25) is 0 Å². The lowest BCUT2D eigenvalue weighted by Crippen LogP contribution is -2.16. The van der Waals surface area contributed by atoms with Crippen molar-refractivity contribution in [1.29, 1.82) is 0 Å². The molecule has 0 spiro atoms. The smallest absolute Gasteiger partial charge is 0.122 e. The first-order valence-electron chi connectivity index (χ1n) is 6.29. The van der Waals surface area contributed by atoms with Crippen LogP contribution >= 0.6 is 0 Å². The number of rotatable bonds is 5. The quantitative estimate of drug-likeness (QED) is 0.871. The Morgan fingerprint density at radius 1 is 1.28 bits per heavy atom. The summed E-state index contributed by atoms with van der Waals surface area (Å²) < 4.78 is 15.9. The molecule has 0 amide bonds. The molecule has 1 heterocycles. The van der Waals surface area contributed by atoms with E-state index in [0.29, 0.717) is 5.92 Å². The molecule has 0 bridgehead atoms. The van der Waals surface area contributed by atoms with Crippen molar-refractivity contribution in [3.63, 3.8) is 0 Å². The minimum absolute atomic E-state index is 0.000648. The van der Waals surface area contributed by atoms with Gasteiger partial charge < -0.3 is 19.9 Å². The molecule has 0 saturated carbocycles. The van der Waals surface area contributed by atoms with Gasteiger partial charge in [-0.3, -0.25) is 0 Å². The Hall–Kier alpha value is -1.26. The van der Waals surface area contributed by atoms with Gasteiger partial charge in [0.15, 0.2) is 0 Å². The van der Waals surface area contributed by atoms with Crippen molar-refractivity contribution >= 4 is 0 Å². The third-order valence-electron chi connectivity index (χ3n) is 3.41. The van der Waals surface area contributed by atoms with Crippen LogP contribution in [0.3, 0.4) is 0 Å². The fourth-order valence-electron chi connectivity index (χ4n) is 2.31. The Labute approximate surface area is 108 Å². The van der Waals surface area contributed by atoms with Gasteiger partial charge in [0, 0.05) is 25.3 Å². The largest absolute Gasteiger partial charge is 0.497 e. The van der Waals surface area contributed by atoms with E-state index < -0.39 is 0 Å². The first kappa shape index (κ1) is 13.2. The Balaban J connectivity index is 2.09. The van der Waals surface area contributed by atoms with Crippen LogP contribution in [0.1, 0.15) is 24.4 Å². The Bertz CT molecular complexity index is 366. The molecule has 0 radical (unpaired) electrons. The van der Waals surface area contributed by atoms with E-state index in [4.69, 9.17) is 19.9 Å². The van der Waals surface area contributed by atoms with Crippen LogP contribution in [0.15, 0.2) is 18.2 Å². The Morgan fingerprint density at radius 2 is 1.94 bits per heavy atom. The average molecular weight is 251 g/mol. The minimum atomic E-state index is 0.000648. The first-order chi connectivity index (χ1) is 8.72. The number of ether oxygens (including phenoxy) is 3. The second kappa shape index (κ2) is 6.07. The number of methoxy groups -OCH3 is 2. The van der Waals surface area contributed by atoms with Crippen molar-refractivity contribution in [2.45, 2.75) is 18.9 Å². The molecule has 2 atom stereocenters.